The number of methoxy groups -OCH3 is 1. The first-order chi connectivity index (χ1) is 27.1. The zero-order valence-corrected chi connectivity index (χ0v) is 32.6. The summed E-state index contributed by atoms with van der Waals surface area (Å²) in [6.45, 7) is 6.72. The van der Waals surface area contributed by atoms with E-state index in [0.29, 0.717) is 0 Å². The van der Waals surface area contributed by atoms with Crippen LogP contribution >= 0.6 is 0 Å². The van der Waals surface area contributed by atoms with E-state index in [1.807, 2.05) is 6.07 Å². The van der Waals surface area contributed by atoms with E-state index >= 15 is 0 Å². The number of rotatable bonds is 3. The van der Waals surface area contributed by atoms with Crippen molar-refractivity contribution in [3.63, 3.8) is 0 Å². The lowest BCUT2D eigenvalue weighted by molar-refractivity contribution is -0.689. The van der Waals surface area contributed by atoms with Crippen LogP contribution in [0.5, 0.6) is 5.75 Å². The van der Waals surface area contributed by atoms with Gasteiger partial charge in [-0.05, 0) is 87.7 Å². The highest BCUT2D eigenvalue weighted by atomic mass is 32.2. The zero-order chi connectivity index (χ0) is 42.4. The molecule has 0 saturated carbocycles. The number of pyridine rings is 2. The number of benzene rings is 4. The van der Waals surface area contributed by atoms with E-state index in [1.165, 1.54) is 77.4 Å². The Bertz CT molecular complexity index is 2800. The smallest absolute Gasteiger partial charge is 0.485 e. The number of fused-ring (bicyclic) bond motifs is 10. The second-order valence-corrected chi connectivity index (χ2v) is 16.3. The zero-order valence-electron chi connectivity index (χ0n) is 31.0. The van der Waals surface area contributed by atoms with Crippen molar-refractivity contribution in [1.82, 2.24) is 0 Å². The van der Waals surface area contributed by atoms with Crippen molar-refractivity contribution in [2.24, 2.45) is 0 Å². The van der Waals surface area contributed by atoms with Crippen LogP contribution in [0.1, 0.15) is 33.4 Å². The van der Waals surface area contributed by atoms with Crippen LogP contribution in [-0.2, 0) is 46.2 Å². The van der Waals surface area contributed by atoms with Crippen molar-refractivity contribution in [2.75, 3.05) is 7.11 Å². The average Bonchev–Trinajstić information content (AvgIpc) is 3.16. The van der Waals surface area contributed by atoms with E-state index in [-0.39, 0.29) is 0 Å². The highest BCUT2D eigenvalue weighted by molar-refractivity contribution is 7.86. The number of nitrogens with zero attached hydrogens (tertiary/aromatic N) is 2. The van der Waals surface area contributed by atoms with E-state index < -0.39 is 31.3 Å². The van der Waals surface area contributed by atoms with Crippen molar-refractivity contribution in [1.29, 1.82) is 0 Å². The van der Waals surface area contributed by atoms with E-state index in [4.69, 9.17) is 30.7 Å². The second kappa shape index (κ2) is 15.8. The number of halogens is 6. The number of hydrogen-bond donors (Lipinski definition) is 0. The SMILES string of the molecule is COc1ccc2cc(/C=C/c3cc[n+]4c(c3)-c3c(c(C)c(C)c5c3-c3c6ccccc6cc[n+]3CC5)CC4)ccc2c1.O=S(=O)([O-])C(F)(F)F.O=S(=O)([O-])C(F)(F)F. The molecule has 58 heavy (non-hydrogen) atoms. The van der Waals surface area contributed by atoms with Gasteiger partial charge in [0.15, 0.2) is 45.7 Å². The van der Waals surface area contributed by atoms with Crippen LogP contribution in [0.15, 0.2) is 91.3 Å². The number of hydrogen-bond acceptors (Lipinski definition) is 7. The van der Waals surface area contributed by atoms with Gasteiger partial charge in [0, 0.05) is 31.0 Å². The van der Waals surface area contributed by atoms with Crippen molar-refractivity contribution in [3.05, 3.63) is 125 Å². The summed E-state index contributed by atoms with van der Waals surface area (Å²) in [6.07, 6.45) is 11.2. The molecule has 0 aliphatic carbocycles. The summed E-state index contributed by atoms with van der Waals surface area (Å²) in [5, 5.41) is 5.05. The van der Waals surface area contributed by atoms with Gasteiger partial charge in [-0.1, -0.05) is 48.6 Å². The predicted octanol–water partition coefficient (Wildman–Crippen LogP) is 7.91. The highest BCUT2D eigenvalue weighted by Crippen LogP contribution is 2.44. The molecule has 2 aromatic heterocycles. The summed E-state index contributed by atoms with van der Waals surface area (Å²) in [4.78, 5) is 0. The quantitative estimate of drug-likeness (QED) is 0.0766. The third-order valence-corrected chi connectivity index (χ3v) is 11.3. The minimum Gasteiger partial charge on any atom is -0.741 e. The lowest BCUT2D eigenvalue weighted by Crippen LogP contribution is -2.43. The van der Waals surface area contributed by atoms with Gasteiger partial charge in [0.1, 0.15) is 5.75 Å². The number of alkyl halides is 6. The molecular formula is C41H34F6N2O7S2. The van der Waals surface area contributed by atoms with E-state index in [0.717, 1.165) is 31.7 Å². The van der Waals surface area contributed by atoms with Crippen LogP contribution < -0.4 is 13.9 Å². The first-order valence-corrected chi connectivity index (χ1v) is 20.3. The Morgan fingerprint density at radius 3 is 1.76 bits per heavy atom. The second-order valence-electron chi connectivity index (χ2n) is 13.5. The Morgan fingerprint density at radius 1 is 0.638 bits per heavy atom. The molecule has 4 aromatic carbocycles. The molecule has 17 heteroatoms. The molecule has 0 amide bonds. The first kappa shape index (κ1) is 42.3. The minimum atomic E-state index is -6.09. The lowest BCUT2D eigenvalue weighted by atomic mass is 9.79. The maximum Gasteiger partial charge on any atom is 0.485 e. The van der Waals surface area contributed by atoms with Gasteiger partial charge in [-0.25, -0.2) is 16.8 Å². The Labute approximate surface area is 330 Å². The number of aromatic nitrogens is 2. The van der Waals surface area contributed by atoms with Crippen molar-refractivity contribution in [2.45, 2.75) is 50.8 Å². The molecule has 0 radical (unpaired) electrons. The van der Waals surface area contributed by atoms with E-state index in [2.05, 4.69) is 120 Å². The molecule has 9 nitrogen and oxygen atoms in total. The highest BCUT2D eigenvalue weighted by Gasteiger charge is 2.38. The molecule has 2 aliphatic heterocycles. The normalized spacial score (nSPS) is 13.7. The van der Waals surface area contributed by atoms with E-state index in [9.17, 15) is 26.3 Å². The standard InChI is InChI=1S/C39H34N2O.2CHF3O3S/c1-25-26(2)34-17-21-41-19-15-29-6-4-5-7-35(29)39(41)38(34)37-33(25)16-20-40-18-14-28(23-36(37)40)9-8-27-10-11-31-24-32(42-3)13-12-30(31)22-27;2*2-1(3,4)8(5,6)7/h4-15,18-19,22-24H,16-17,20-21H2,1-3H3;2*(H,5,6,7)/q+2;;/p-2/b9-8+;;. The molecule has 304 valence electrons. The molecule has 4 heterocycles. The van der Waals surface area contributed by atoms with Crippen LogP contribution in [0.2, 0.25) is 0 Å². The summed E-state index contributed by atoms with van der Waals surface area (Å²) in [6, 6.07) is 28.6. The minimum absolute atomic E-state index is 0.888. The third-order valence-electron chi connectivity index (χ3n) is 10.1. The van der Waals surface area contributed by atoms with Crippen LogP contribution in [-0.4, -0.2) is 44.1 Å². The largest absolute Gasteiger partial charge is 0.741 e. The van der Waals surface area contributed by atoms with Gasteiger partial charge in [0.2, 0.25) is 11.4 Å². The van der Waals surface area contributed by atoms with Crippen LogP contribution in [0.4, 0.5) is 26.3 Å². The topological polar surface area (TPSA) is 131 Å². The van der Waals surface area contributed by atoms with Crippen molar-refractivity contribution >= 4 is 53.9 Å². The molecule has 0 spiro atoms. The van der Waals surface area contributed by atoms with Crippen molar-refractivity contribution in [3.8, 4) is 28.3 Å². The fourth-order valence-electron chi connectivity index (χ4n) is 7.21. The molecule has 0 bridgehead atoms. The molecule has 2 aliphatic rings. The summed E-state index contributed by atoms with van der Waals surface area (Å²) in [5.74, 6) is 0.888. The monoisotopic (exact) mass is 844 g/mol. The maximum absolute atomic E-state index is 10.7. The summed E-state index contributed by atoms with van der Waals surface area (Å²) in [5.41, 5.74) is 2.66. The molecule has 0 saturated heterocycles. The lowest BCUT2D eigenvalue weighted by Gasteiger charge is -2.27. The summed E-state index contributed by atoms with van der Waals surface area (Å²) in [7, 11) is -10.5. The molecule has 6 aromatic rings. The fourth-order valence-corrected chi connectivity index (χ4v) is 7.21. The molecule has 8 rings (SSSR count). The maximum atomic E-state index is 10.7. The van der Waals surface area contributed by atoms with Gasteiger partial charge >= 0.3 is 11.0 Å². The Hall–Kier alpha value is -5.36. The van der Waals surface area contributed by atoms with Gasteiger partial charge in [0.25, 0.3) is 0 Å². The van der Waals surface area contributed by atoms with Gasteiger partial charge in [-0.3, -0.25) is 0 Å². The Kier molecular flexibility index (Phi) is 11.5. The first-order valence-electron chi connectivity index (χ1n) is 17.5. The number of aryl methyl sites for hydroxylation is 2. The van der Waals surface area contributed by atoms with Gasteiger partial charge in [-0.15, -0.1) is 0 Å². The Balaban J connectivity index is 0.000000301. The molecule has 0 N–H and O–H groups in total. The Morgan fingerprint density at radius 2 is 1.16 bits per heavy atom. The van der Waals surface area contributed by atoms with E-state index in [1.54, 1.807) is 7.11 Å². The fraction of sp³-hybridized carbons (Fsp3) is 0.220. The van der Waals surface area contributed by atoms with Crippen LogP contribution in [0.25, 0.3) is 56.2 Å². The molecule has 0 fully saturated rings. The third kappa shape index (κ3) is 8.57. The molecule has 0 atom stereocenters. The van der Waals surface area contributed by atoms with Gasteiger partial charge in [0.05, 0.1) is 23.6 Å². The van der Waals surface area contributed by atoms with Crippen LogP contribution in [0.3, 0.4) is 0 Å². The molecule has 0 unspecified atom stereocenters. The summed E-state index contributed by atoms with van der Waals surface area (Å²) >= 11 is 0. The number of ether oxygens (including phenoxy) is 1. The average molecular weight is 845 g/mol. The molecular weight excluding hydrogens is 811 g/mol. The summed E-state index contributed by atoms with van der Waals surface area (Å²) < 4.78 is 128. The predicted molar refractivity (Wildman–Crippen MR) is 203 cm³/mol. The van der Waals surface area contributed by atoms with Crippen LogP contribution in [0, 0.1) is 13.8 Å². The van der Waals surface area contributed by atoms with Gasteiger partial charge < -0.3 is 13.8 Å². The van der Waals surface area contributed by atoms with Crippen molar-refractivity contribution < 1.29 is 66.2 Å². The van der Waals surface area contributed by atoms with Gasteiger partial charge in [-0.2, -0.15) is 35.5 Å².